The predicted molar refractivity (Wildman–Crippen MR) is 66.7 cm³/mol. The van der Waals surface area contributed by atoms with E-state index >= 15 is 0 Å². The number of hydrogen-bond donors (Lipinski definition) is 1. The molecule has 1 heterocycles. The van der Waals surface area contributed by atoms with Gasteiger partial charge in [-0.3, -0.25) is 29.8 Å². The quantitative estimate of drug-likeness (QED) is 0.477. The van der Waals surface area contributed by atoms with Crippen LogP contribution in [0.25, 0.3) is 0 Å². The van der Waals surface area contributed by atoms with Crippen molar-refractivity contribution in [1.82, 2.24) is 10.2 Å². The molecule has 1 fully saturated rings. The first-order chi connectivity index (χ1) is 9.81. The van der Waals surface area contributed by atoms with Crippen LogP contribution in [0.15, 0.2) is 18.2 Å². The second kappa shape index (κ2) is 5.27. The molecule has 0 spiro atoms. The van der Waals surface area contributed by atoms with E-state index in [2.05, 4.69) is 0 Å². The molecule has 1 aliphatic rings. The third kappa shape index (κ3) is 2.71. The lowest BCUT2D eigenvalue weighted by molar-refractivity contribution is -0.384. The van der Waals surface area contributed by atoms with Gasteiger partial charge in [-0.1, -0.05) is 0 Å². The van der Waals surface area contributed by atoms with E-state index < -0.39 is 52.3 Å². The van der Waals surface area contributed by atoms with Crippen molar-refractivity contribution in [1.29, 1.82) is 0 Å². The molecule has 1 N–H and O–H groups in total. The highest BCUT2D eigenvalue weighted by Crippen LogP contribution is 2.20. The number of carbonyl (C=O) groups excluding carboxylic acids is 3. The number of rotatable bonds is 2. The highest BCUT2D eigenvalue weighted by Gasteiger charge is 2.35. The van der Waals surface area contributed by atoms with E-state index in [1.807, 2.05) is 5.32 Å². The first-order valence-corrected chi connectivity index (χ1v) is 5.90. The standard InChI is InChI=1S/C12H10FN3O5/c1-6-11(18)14-10(17)5-15(6)12(19)8-4-7(16(20)21)2-3-9(8)13/h2-4,6H,5H2,1H3,(H,14,17,18). The zero-order chi connectivity index (χ0) is 15.7. The van der Waals surface area contributed by atoms with Crippen LogP contribution in [-0.2, 0) is 9.59 Å². The molecule has 1 unspecified atom stereocenters. The number of nitrogens with one attached hydrogen (secondary N) is 1. The minimum Gasteiger partial charge on any atom is -0.317 e. The van der Waals surface area contributed by atoms with Gasteiger partial charge in [0.2, 0.25) is 11.8 Å². The summed E-state index contributed by atoms with van der Waals surface area (Å²) in [5.41, 5.74) is -1.02. The summed E-state index contributed by atoms with van der Waals surface area (Å²) in [5.74, 6) is -3.30. The van der Waals surface area contributed by atoms with Gasteiger partial charge in [0.05, 0.1) is 10.5 Å². The van der Waals surface area contributed by atoms with Gasteiger partial charge < -0.3 is 4.90 Å². The maximum Gasteiger partial charge on any atom is 0.270 e. The van der Waals surface area contributed by atoms with Crippen molar-refractivity contribution < 1.29 is 23.7 Å². The zero-order valence-corrected chi connectivity index (χ0v) is 10.8. The molecule has 1 aromatic rings. The average Bonchev–Trinajstić information content (AvgIpc) is 2.42. The molecule has 0 aliphatic carbocycles. The van der Waals surface area contributed by atoms with Crippen LogP contribution in [0.1, 0.15) is 17.3 Å². The number of amides is 3. The summed E-state index contributed by atoms with van der Waals surface area (Å²) in [6.45, 7) is 0.947. The number of halogens is 1. The average molecular weight is 295 g/mol. The maximum absolute atomic E-state index is 13.7. The van der Waals surface area contributed by atoms with Gasteiger partial charge in [-0.2, -0.15) is 0 Å². The van der Waals surface area contributed by atoms with Crippen molar-refractivity contribution in [2.24, 2.45) is 0 Å². The van der Waals surface area contributed by atoms with Crippen molar-refractivity contribution in [3.63, 3.8) is 0 Å². The third-order valence-electron chi connectivity index (χ3n) is 3.08. The van der Waals surface area contributed by atoms with Crippen molar-refractivity contribution in [3.05, 3.63) is 39.7 Å². The first-order valence-electron chi connectivity index (χ1n) is 5.90. The minimum atomic E-state index is -0.978. The SMILES string of the molecule is CC1C(=O)NC(=O)CN1C(=O)c1cc([N+](=O)[O-])ccc1F. The van der Waals surface area contributed by atoms with Crippen LogP contribution >= 0.6 is 0 Å². The van der Waals surface area contributed by atoms with E-state index in [0.717, 1.165) is 23.1 Å². The topological polar surface area (TPSA) is 110 Å². The van der Waals surface area contributed by atoms with Crippen molar-refractivity contribution >= 4 is 23.4 Å². The number of hydrogen-bond acceptors (Lipinski definition) is 5. The van der Waals surface area contributed by atoms with Crippen LogP contribution in [0.5, 0.6) is 0 Å². The second-order valence-corrected chi connectivity index (χ2v) is 4.44. The highest BCUT2D eigenvalue weighted by atomic mass is 19.1. The van der Waals surface area contributed by atoms with Gasteiger partial charge in [-0.25, -0.2) is 4.39 Å². The van der Waals surface area contributed by atoms with Crippen LogP contribution in [-0.4, -0.2) is 40.1 Å². The lowest BCUT2D eigenvalue weighted by Gasteiger charge is -2.31. The number of imide groups is 1. The number of piperazine rings is 1. The molecular weight excluding hydrogens is 285 g/mol. The van der Waals surface area contributed by atoms with Gasteiger partial charge >= 0.3 is 0 Å². The lowest BCUT2D eigenvalue weighted by Crippen LogP contribution is -2.58. The van der Waals surface area contributed by atoms with Crippen LogP contribution in [0.4, 0.5) is 10.1 Å². The number of carbonyl (C=O) groups is 3. The molecule has 0 bridgehead atoms. The zero-order valence-electron chi connectivity index (χ0n) is 10.8. The fraction of sp³-hybridized carbons (Fsp3) is 0.250. The van der Waals surface area contributed by atoms with Crippen molar-refractivity contribution in [2.75, 3.05) is 6.54 Å². The van der Waals surface area contributed by atoms with Gasteiger partial charge in [-0.15, -0.1) is 0 Å². The minimum absolute atomic E-state index is 0.423. The van der Waals surface area contributed by atoms with Gasteiger partial charge in [0.15, 0.2) is 0 Å². The van der Waals surface area contributed by atoms with Crippen molar-refractivity contribution in [3.8, 4) is 0 Å². The largest absolute Gasteiger partial charge is 0.317 e. The van der Waals surface area contributed by atoms with E-state index in [1.54, 1.807) is 0 Å². The maximum atomic E-state index is 13.7. The van der Waals surface area contributed by atoms with Gasteiger partial charge in [0.25, 0.3) is 11.6 Å². The summed E-state index contributed by atoms with van der Waals surface area (Å²) >= 11 is 0. The van der Waals surface area contributed by atoms with Crippen LogP contribution in [0.2, 0.25) is 0 Å². The molecule has 1 saturated heterocycles. The molecule has 3 amide bonds. The van der Waals surface area contributed by atoms with Gasteiger partial charge in [-0.05, 0) is 13.0 Å². The Bertz CT molecular complexity index is 660. The monoisotopic (exact) mass is 295 g/mol. The van der Waals surface area contributed by atoms with Gasteiger partial charge in [0, 0.05) is 12.1 Å². The molecule has 110 valence electrons. The molecule has 1 aromatic carbocycles. The number of non-ortho nitro benzene ring substituents is 1. The summed E-state index contributed by atoms with van der Waals surface area (Å²) in [6.07, 6.45) is 0. The molecule has 1 aliphatic heterocycles. The second-order valence-electron chi connectivity index (χ2n) is 4.44. The van der Waals surface area contributed by atoms with E-state index in [4.69, 9.17) is 0 Å². The molecule has 8 nitrogen and oxygen atoms in total. The summed E-state index contributed by atoms with van der Waals surface area (Å²) < 4.78 is 13.7. The number of nitro benzene ring substituents is 1. The van der Waals surface area contributed by atoms with Crippen LogP contribution < -0.4 is 5.32 Å². The number of nitro groups is 1. The van der Waals surface area contributed by atoms with Crippen molar-refractivity contribution in [2.45, 2.75) is 13.0 Å². The Labute approximate surface area is 117 Å². The Morgan fingerprint density at radius 3 is 2.76 bits per heavy atom. The number of nitrogens with zero attached hydrogens (tertiary/aromatic N) is 2. The summed E-state index contributed by atoms with van der Waals surface area (Å²) in [7, 11) is 0. The Balaban J connectivity index is 2.39. The molecule has 9 heteroatoms. The molecular formula is C12H10FN3O5. The molecule has 2 rings (SSSR count). The Morgan fingerprint density at radius 2 is 2.14 bits per heavy atom. The summed E-state index contributed by atoms with van der Waals surface area (Å²) in [4.78, 5) is 45.8. The van der Waals surface area contributed by atoms with E-state index in [0.29, 0.717) is 0 Å². The Hall–Kier alpha value is -2.84. The Kier molecular flexibility index (Phi) is 3.66. The summed E-state index contributed by atoms with van der Waals surface area (Å²) in [5, 5.41) is 12.7. The summed E-state index contributed by atoms with van der Waals surface area (Å²) in [6, 6.07) is 1.52. The van der Waals surface area contributed by atoms with E-state index in [9.17, 15) is 28.9 Å². The molecule has 21 heavy (non-hydrogen) atoms. The fourth-order valence-corrected chi connectivity index (χ4v) is 1.91. The molecule has 0 radical (unpaired) electrons. The number of benzene rings is 1. The van der Waals surface area contributed by atoms with Crippen LogP contribution in [0.3, 0.4) is 0 Å². The molecule has 1 atom stereocenters. The molecule has 0 saturated carbocycles. The smallest absolute Gasteiger partial charge is 0.270 e. The van der Waals surface area contributed by atoms with E-state index in [1.165, 1.54) is 6.92 Å². The predicted octanol–water partition coefficient (Wildman–Crippen LogP) is 0.221. The third-order valence-corrected chi connectivity index (χ3v) is 3.08. The fourth-order valence-electron chi connectivity index (χ4n) is 1.91. The first kappa shape index (κ1) is 14.6. The Morgan fingerprint density at radius 1 is 1.48 bits per heavy atom. The van der Waals surface area contributed by atoms with Crippen LogP contribution in [0, 0.1) is 15.9 Å². The highest BCUT2D eigenvalue weighted by molar-refractivity contribution is 6.07. The normalized spacial score (nSPS) is 18.4. The van der Waals surface area contributed by atoms with Gasteiger partial charge in [0.1, 0.15) is 18.4 Å². The van der Waals surface area contributed by atoms with E-state index in [-0.39, 0.29) is 0 Å². The molecule has 0 aromatic heterocycles. The lowest BCUT2D eigenvalue weighted by atomic mass is 10.1.